The van der Waals surface area contributed by atoms with E-state index in [4.69, 9.17) is 0 Å². The van der Waals surface area contributed by atoms with Gasteiger partial charge in [-0.1, -0.05) is 63.1 Å². The van der Waals surface area contributed by atoms with Crippen LogP contribution in [0.15, 0.2) is 53.8 Å². The highest BCUT2D eigenvalue weighted by atomic mass is 31.2. The van der Waals surface area contributed by atoms with Gasteiger partial charge in [0.25, 0.3) is 0 Å². The largest absolute Gasteiger partial charge is 0.416 e. The van der Waals surface area contributed by atoms with Crippen molar-refractivity contribution in [2.75, 3.05) is 0 Å². The standard InChI is InChI=1S/C23H26F3OP/c1-3-5-12-19-20-15-14-17(23(24,25)26)16-22(20)28(27,21(19)13-6-4-2)18-10-8-7-9-11-18/h7-11,14-16H,3-6,12-13H2,1-2H3. The van der Waals surface area contributed by atoms with Gasteiger partial charge in [-0.15, -0.1) is 0 Å². The molecule has 1 aliphatic rings. The summed E-state index contributed by atoms with van der Waals surface area (Å²) >= 11 is 0. The van der Waals surface area contributed by atoms with Crippen LogP contribution in [0.2, 0.25) is 0 Å². The Labute approximate surface area is 165 Å². The Balaban J connectivity index is 2.27. The van der Waals surface area contributed by atoms with Crippen molar-refractivity contribution in [3.05, 3.63) is 65.0 Å². The van der Waals surface area contributed by atoms with Gasteiger partial charge in [0.2, 0.25) is 0 Å². The normalized spacial score (nSPS) is 19.2. The van der Waals surface area contributed by atoms with Gasteiger partial charge in [-0.3, -0.25) is 0 Å². The first-order valence-corrected chi connectivity index (χ1v) is 11.6. The zero-order chi connectivity index (χ0) is 20.4. The van der Waals surface area contributed by atoms with E-state index in [1.807, 2.05) is 18.2 Å². The van der Waals surface area contributed by atoms with Crippen molar-refractivity contribution in [1.82, 2.24) is 0 Å². The summed E-state index contributed by atoms with van der Waals surface area (Å²) in [5, 5.41) is 1.86. The van der Waals surface area contributed by atoms with Crippen molar-refractivity contribution >= 4 is 23.3 Å². The Morgan fingerprint density at radius 3 is 2.14 bits per heavy atom. The van der Waals surface area contributed by atoms with Gasteiger partial charge in [0.05, 0.1) is 5.56 Å². The summed E-state index contributed by atoms with van der Waals surface area (Å²) < 4.78 is 54.7. The van der Waals surface area contributed by atoms with Gasteiger partial charge in [0.1, 0.15) is 0 Å². The predicted molar refractivity (Wildman–Crippen MR) is 111 cm³/mol. The molecule has 0 radical (unpaired) electrons. The number of benzene rings is 2. The lowest BCUT2D eigenvalue weighted by Crippen LogP contribution is -2.18. The highest BCUT2D eigenvalue weighted by molar-refractivity contribution is 7.83. The predicted octanol–water partition coefficient (Wildman–Crippen LogP) is 7.12. The molecule has 2 aromatic rings. The molecule has 2 aromatic carbocycles. The quantitative estimate of drug-likeness (QED) is 0.447. The molecule has 0 spiro atoms. The zero-order valence-corrected chi connectivity index (χ0v) is 17.2. The van der Waals surface area contributed by atoms with Crippen LogP contribution in [0.25, 0.3) is 5.57 Å². The molecular formula is C23H26F3OP. The molecule has 1 atom stereocenters. The Hall–Kier alpha value is -1.80. The fourth-order valence-electron chi connectivity index (χ4n) is 3.93. The van der Waals surface area contributed by atoms with Gasteiger partial charge in [0.15, 0.2) is 7.14 Å². The lowest BCUT2D eigenvalue weighted by molar-refractivity contribution is -0.137. The monoisotopic (exact) mass is 406 g/mol. The Morgan fingerprint density at radius 1 is 0.893 bits per heavy atom. The molecular weight excluding hydrogens is 380 g/mol. The van der Waals surface area contributed by atoms with Crippen LogP contribution in [-0.2, 0) is 10.7 Å². The van der Waals surface area contributed by atoms with Crippen molar-refractivity contribution in [3.63, 3.8) is 0 Å². The number of alkyl halides is 3. The number of unbranched alkanes of at least 4 members (excludes halogenated alkanes) is 2. The van der Waals surface area contributed by atoms with Crippen molar-refractivity contribution in [2.24, 2.45) is 0 Å². The second kappa shape index (κ2) is 8.29. The van der Waals surface area contributed by atoms with Gasteiger partial charge in [-0.05, 0) is 49.0 Å². The van der Waals surface area contributed by atoms with Crippen molar-refractivity contribution in [3.8, 4) is 0 Å². The summed E-state index contributed by atoms with van der Waals surface area (Å²) in [6.07, 6.45) is 0.705. The first-order valence-electron chi connectivity index (χ1n) is 9.94. The van der Waals surface area contributed by atoms with E-state index in [-0.39, 0.29) is 0 Å². The lowest BCUT2D eigenvalue weighted by atomic mass is 9.97. The van der Waals surface area contributed by atoms with E-state index in [0.29, 0.717) is 17.0 Å². The van der Waals surface area contributed by atoms with Gasteiger partial charge in [0, 0.05) is 15.9 Å². The van der Waals surface area contributed by atoms with E-state index in [1.54, 1.807) is 12.1 Å². The van der Waals surface area contributed by atoms with Crippen LogP contribution in [0.3, 0.4) is 0 Å². The Morgan fingerprint density at radius 2 is 1.54 bits per heavy atom. The van der Waals surface area contributed by atoms with Crippen molar-refractivity contribution in [2.45, 2.75) is 58.5 Å². The second-order valence-corrected chi connectivity index (χ2v) is 10.1. The summed E-state index contributed by atoms with van der Waals surface area (Å²) in [6.45, 7) is 4.16. The number of hydrogen-bond acceptors (Lipinski definition) is 1. The third-order valence-electron chi connectivity index (χ3n) is 5.39. The molecule has 5 heteroatoms. The number of rotatable bonds is 7. The summed E-state index contributed by atoms with van der Waals surface area (Å²) in [5.74, 6) is 0. The average Bonchev–Trinajstić information content (AvgIpc) is 2.93. The van der Waals surface area contributed by atoms with E-state index in [2.05, 4.69) is 13.8 Å². The maximum absolute atomic E-state index is 14.5. The van der Waals surface area contributed by atoms with Gasteiger partial charge < -0.3 is 4.57 Å². The van der Waals surface area contributed by atoms with Gasteiger partial charge in [-0.2, -0.15) is 13.2 Å². The molecule has 0 aromatic heterocycles. The molecule has 28 heavy (non-hydrogen) atoms. The minimum absolute atomic E-state index is 0.366. The highest BCUT2D eigenvalue weighted by Crippen LogP contribution is 2.62. The van der Waals surface area contributed by atoms with Crippen LogP contribution in [0, 0.1) is 0 Å². The molecule has 0 aliphatic carbocycles. The van der Waals surface area contributed by atoms with Gasteiger partial charge in [-0.25, -0.2) is 0 Å². The third-order valence-corrected chi connectivity index (χ3v) is 8.71. The lowest BCUT2D eigenvalue weighted by Gasteiger charge is -2.20. The van der Waals surface area contributed by atoms with Crippen LogP contribution in [0.1, 0.15) is 63.5 Å². The van der Waals surface area contributed by atoms with Crippen molar-refractivity contribution in [1.29, 1.82) is 0 Å². The second-order valence-electron chi connectivity index (χ2n) is 7.31. The average molecular weight is 406 g/mol. The molecule has 0 fully saturated rings. The molecule has 0 bridgehead atoms. The fraction of sp³-hybridized carbons (Fsp3) is 0.391. The Kier molecular flexibility index (Phi) is 6.19. The van der Waals surface area contributed by atoms with E-state index in [0.717, 1.165) is 60.7 Å². The minimum Gasteiger partial charge on any atom is -0.309 e. The maximum atomic E-state index is 14.5. The molecule has 1 heterocycles. The molecule has 0 N–H and O–H groups in total. The number of hydrogen-bond donors (Lipinski definition) is 0. The molecule has 3 rings (SSSR count). The molecule has 1 unspecified atom stereocenters. The number of allylic oxidation sites excluding steroid dienone is 2. The first kappa shape index (κ1) is 20.9. The highest BCUT2D eigenvalue weighted by Gasteiger charge is 2.43. The summed E-state index contributed by atoms with van der Waals surface area (Å²) in [5.41, 5.74) is 1.03. The fourth-order valence-corrected chi connectivity index (χ4v) is 7.36. The van der Waals surface area contributed by atoms with E-state index in [9.17, 15) is 17.7 Å². The molecule has 1 nitrogen and oxygen atoms in total. The molecule has 0 amide bonds. The van der Waals surface area contributed by atoms with Crippen molar-refractivity contribution < 1.29 is 17.7 Å². The van der Waals surface area contributed by atoms with E-state index in [1.165, 1.54) is 6.07 Å². The van der Waals surface area contributed by atoms with E-state index < -0.39 is 18.9 Å². The third kappa shape index (κ3) is 3.72. The van der Waals surface area contributed by atoms with Crippen LogP contribution in [0.5, 0.6) is 0 Å². The van der Waals surface area contributed by atoms with Gasteiger partial charge >= 0.3 is 6.18 Å². The molecule has 150 valence electrons. The van der Waals surface area contributed by atoms with Crippen LogP contribution in [-0.4, -0.2) is 0 Å². The first-order chi connectivity index (χ1) is 13.3. The minimum atomic E-state index is -4.45. The maximum Gasteiger partial charge on any atom is 0.416 e. The molecule has 0 saturated carbocycles. The molecule has 1 aliphatic heterocycles. The smallest absolute Gasteiger partial charge is 0.309 e. The zero-order valence-electron chi connectivity index (χ0n) is 16.4. The summed E-state index contributed by atoms with van der Waals surface area (Å²) in [7, 11) is -3.27. The Bertz CT molecular complexity index is 913. The topological polar surface area (TPSA) is 17.1 Å². The van der Waals surface area contributed by atoms with Crippen LogP contribution < -0.4 is 10.6 Å². The van der Waals surface area contributed by atoms with Crippen LogP contribution >= 0.6 is 7.14 Å². The van der Waals surface area contributed by atoms with Crippen LogP contribution in [0.4, 0.5) is 13.2 Å². The number of fused-ring (bicyclic) bond motifs is 1. The summed E-state index contributed by atoms with van der Waals surface area (Å²) in [4.78, 5) is 0. The SMILES string of the molecule is CCCCC1=C(CCCC)P(=O)(c2ccccc2)c2cc(C(F)(F)F)ccc21. The summed E-state index contributed by atoms with van der Waals surface area (Å²) in [6, 6.07) is 12.8. The molecule has 0 saturated heterocycles. The number of halogens is 3. The van der Waals surface area contributed by atoms with E-state index >= 15 is 0 Å².